The SMILES string of the molecule is Cc1cc([N+](=O)[O-])ccc1C(=O)Nc1cc(C(F)(F)F)c[nH]c1=O. The number of nitrogens with zero attached hydrogens (tertiary/aromatic N) is 1. The molecule has 0 aliphatic carbocycles. The molecule has 0 saturated heterocycles. The molecular weight excluding hydrogens is 331 g/mol. The van der Waals surface area contributed by atoms with E-state index < -0.39 is 33.8 Å². The van der Waals surface area contributed by atoms with Crippen molar-refractivity contribution in [2.24, 2.45) is 0 Å². The first-order valence-corrected chi connectivity index (χ1v) is 6.46. The van der Waals surface area contributed by atoms with Crippen molar-refractivity contribution in [1.29, 1.82) is 0 Å². The Morgan fingerprint density at radius 1 is 1.29 bits per heavy atom. The number of halogens is 3. The first kappa shape index (κ1) is 17.2. The summed E-state index contributed by atoms with van der Waals surface area (Å²) >= 11 is 0. The number of nitro benzene ring substituents is 1. The first-order valence-electron chi connectivity index (χ1n) is 6.46. The van der Waals surface area contributed by atoms with Crippen LogP contribution in [0.4, 0.5) is 24.5 Å². The van der Waals surface area contributed by atoms with Gasteiger partial charge in [-0.2, -0.15) is 13.2 Å². The minimum atomic E-state index is -4.69. The van der Waals surface area contributed by atoms with Crippen LogP contribution in [0.1, 0.15) is 21.5 Å². The fourth-order valence-electron chi connectivity index (χ4n) is 1.95. The molecule has 0 spiro atoms. The molecule has 0 unspecified atom stereocenters. The Bertz CT molecular complexity index is 874. The van der Waals surface area contributed by atoms with Crippen molar-refractivity contribution in [3.63, 3.8) is 0 Å². The third-order valence-electron chi connectivity index (χ3n) is 3.14. The number of nitrogens with one attached hydrogen (secondary N) is 2. The summed E-state index contributed by atoms with van der Waals surface area (Å²) in [4.78, 5) is 35.6. The van der Waals surface area contributed by atoms with E-state index in [0.29, 0.717) is 12.3 Å². The Morgan fingerprint density at radius 3 is 2.50 bits per heavy atom. The second-order valence-electron chi connectivity index (χ2n) is 4.84. The molecule has 126 valence electrons. The van der Waals surface area contributed by atoms with Gasteiger partial charge in [0.1, 0.15) is 5.69 Å². The van der Waals surface area contributed by atoms with Gasteiger partial charge in [-0.15, -0.1) is 0 Å². The number of anilines is 1. The zero-order valence-electron chi connectivity index (χ0n) is 12.1. The number of alkyl halides is 3. The number of benzene rings is 1. The van der Waals surface area contributed by atoms with Crippen molar-refractivity contribution in [3.8, 4) is 0 Å². The summed E-state index contributed by atoms with van der Waals surface area (Å²) in [6, 6.07) is 3.89. The second-order valence-corrected chi connectivity index (χ2v) is 4.84. The molecular formula is C14H10F3N3O4. The Labute approximate surface area is 132 Å². The number of non-ortho nitro benzene ring substituents is 1. The molecule has 0 saturated carbocycles. The van der Waals surface area contributed by atoms with Gasteiger partial charge in [0.2, 0.25) is 0 Å². The zero-order chi connectivity index (χ0) is 18.1. The number of aromatic nitrogens is 1. The molecule has 0 atom stereocenters. The third-order valence-corrected chi connectivity index (χ3v) is 3.14. The van der Waals surface area contributed by atoms with Gasteiger partial charge in [0, 0.05) is 23.9 Å². The van der Waals surface area contributed by atoms with Crippen LogP contribution in [0.3, 0.4) is 0 Å². The molecule has 1 amide bonds. The maximum Gasteiger partial charge on any atom is 0.417 e. The minimum absolute atomic E-state index is 0.00240. The summed E-state index contributed by atoms with van der Waals surface area (Å²) in [6.07, 6.45) is -4.19. The topological polar surface area (TPSA) is 105 Å². The highest BCUT2D eigenvalue weighted by molar-refractivity contribution is 6.05. The van der Waals surface area contributed by atoms with Crippen LogP contribution >= 0.6 is 0 Å². The lowest BCUT2D eigenvalue weighted by atomic mass is 10.1. The Balaban J connectivity index is 2.33. The van der Waals surface area contributed by atoms with E-state index in [1.54, 1.807) is 0 Å². The lowest BCUT2D eigenvalue weighted by molar-refractivity contribution is -0.384. The minimum Gasteiger partial charge on any atom is -0.327 e. The maximum absolute atomic E-state index is 12.6. The number of rotatable bonds is 3. The van der Waals surface area contributed by atoms with Gasteiger partial charge in [0.05, 0.1) is 10.5 Å². The Morgan fingerprint density at radius 2 is 1.96 bits per heavy atom. The van der Waals surface area contributed by atoms with Crippen molar-refractivity contribution < 1.29 is 22.9 Å². The van der Waals surface area contributed by atoms with E-state index in [9.17, 15) is 32.9 Å². The number of pyridine rings is 1. The van der Waals surface area contributed by atoms with Crippen molar-refractivity contribution >= 4 is 17.3 Å². The highest BCUT2D eigenvalue weighted by atomic mass is 19.4. The lowest BCUT2D eigenvalue weighted by Gasteiger charge is -2.10. The molecule has 10 heteroatoms. The number of hydrogen-bond donors (Lipinski definition) is 2. The van der Waals surface area contributed by atoms with Crippen LogP contribution < -0.4 is 10.9 Å². The summed E-state index contributed by atoms with van der Waals surface area (Å²) < 4.78 is 37.9. The van der Waals surface area contributed by atoms with E-state index in [0.717, 1.165) is 18.2 Å². The third kappa shape index (κ3) is 3.59. The van der Waals surface area contributed by atoms with Gasteiger partial charge in [-0.3, -0.25) is 19.7 Å². The predicted molar refractivity (Wildman–Crippen MR) is 77.9 cm³/mol. The number of aromatic amines is 1. The molecule has 2 aromatic rings. The van der Waals surface area contributed by atoms with Crippen LogP contribution in [0.15, 0.2) is 35.3 Å². The van der Waals surface area contributed by atoms with Gasteiger partial charge in [-0.1, -0.05) is 0 Å². The molecule has 7 nitrogen and oxygen atoms in total. The van der Waals surface area contributed by atoms with E-state index in [4.69, 9.17) is 0 Å². The van der Waals surface area contributed by atoms with E-state index in [2.05, 4.69) is 5.32 Å². The highest BCUT2D eigenvalue weighted by Crippen LogP contribution is 2.29. The van der Waals surface area contributed by atoms with Crippen molar-refractivity contribution in [1.82, 2.24) is 4.98 Å². The van der Waals surface area contributed by atoms with E-state index in [1.165, 1.54) is 6.92 Å². The number of nitro groups is 1. The average molecular weight is 341 g/mol. The van der Waals surface area contributed by atoms with Crippen molar-refractivity contribution in [3.05, 3.63) is 67.6 Å². The number of carbonyl (C=O) groups excluding carboxylic acids is 1. The summed E-state index contributed by atoms with van der Waals surface area (Å²) in [7, 11) is 0. The second kappa shape index (κ2) is 6.14. The standard InChI is InChI=1S/C14H10F3N3O4/c1-7-4-9(20(23)24)2-3-10(7)12(21)19-11-5-8(14(15,16)17)6-18-13(11)22/h2-6H,1H3,(H,18,22)(H,19,21). The predicted octanol–water partition coefficient (Wildman–Crippen LogP) is 2.86. The summed E-state index contributed by atoms with van der Waals surface area (Å²) in [5.41, 5.74) is -2.61. The van der Waals surface area contributed by atoms with Crippen LogP contribution in [-0.2, 0) is 6.18 Å². The number of H-pyrrole nitrogens is 1. The quantitative estimate of drug-likeness (QED) is 0.661. The molecule has 24 heavy (non-hydrogen) atoms. The van der Waals surface area contributed by atoms with Crippen LogP contribution in [0.25, 0.3) is 0 Å². The molecule has 2 rings (SSSR count). The zero-order valence-corrected chi connectivity index (χ0v) is 12.1. The Hall–Kier alpha value is -3.17. The summed E-state index contributed by atoms with van der Waals surface area (Å²) in [5.74, 6) is -0.854. The average Bonchev–Trinajstić information content (AvgIpc) is 2.47. The number of hydrogen-bond acceptors (Lipinski definition) is 4. The monoisotopic (exact) mass is 341 g/mol. The molecule has 1 aromatic heterocycles. The smallest absolute Gasteiger partial charge is 0.327 e. The first-order chi connectivity index (χ1) is 11.1. The molecule has 0 aliphatic heterocycles. The van der Waals surface area contributed by atoms with E-state index in [1.807, 2.05) is 4.98 Å². The molecule has 0 fully saturated rings. The van der Waals surface area contributed by atoms with Crippen molar-refractivity contribution in [2.45, 2.75) is 13.1 Å². The normalized spacial score (nSPS) is 11.2. The van der Waals surface area contributed by atoms with Gasteiger partial charge in [0.15, 0.2) is 0 Å². The van der Waals surface area contributed by atoms with E-state index >= 15 is 0 Å². The van der Waals surface area contributed by atoms with Crippen LogP contribution in [0.5, 0.6) is 0 Å². The largest absolute Gasteiger partial charge is 0.417 e. The van der Waals surface area contributed by atoms with Gasteiger partial charge in [0.25, 0.3) is 17.2 Å². The Kier molecular flexibility index (Phi) is 4.40. The molecule has 0 bridgehead atoms. The summed E-state index contributed by atoms with van der Waals surface area (Å²) in [6.45, 7) is 1.43. The maximum atomic E-state index is 12.6. The number of aryl methyl sites for hydroxylation is 1. The fourth-order valence-corrected chi connectivity index (χ4v) is 1.95. The van der Waals surface area contributed by atoms with E-state index in [-0.39, 0.29) is 16.8 Å². The number of carbonyl (C=O) groups is 1. The lowest BCUT2D eigenvalue weighted by Crippen LogP contribution is -2.22. The van der Waals surface area contributed by atoms with Crippen LogP contribution in [0.2, 0.25) is 0 Å². The molecule has 0 radical (unpaired) electrons. The van der Waals surface area contributed by atoms with Crippen molar-refractivity contribution in [2.75, 3.05) is 5.32 Å². The van der Waals surface area contributed by atoms with Crippen LogP contribution in [-0.4, -0.2) is 15.8 Å². The summed E-state index contributed by atoms with van der Waals surface area (Å²) in [5, 5.41) is 12.7. The molecule has 1 heterocycles. The van der Waals surface area contributed by atoms with Gasteiger partial charge in [-0.25, -0.2) is 0 Å². The fraction of sp³-hybridized carbons (Fsp3) is 0.143. The van der Waals surface area contributed by atoms with Gasteiger partial charge in [-0.05, 0) is 24.6 Å². The van der Waals surface area contributed by atoms with Crippen LogP contribution in [0, 0.1) is 17.0 Å². The van der Waals surface area contributed by atoms with Gasteiger partial charge < -0.3 is 10.3 Å². The molecule has 0 aliphatic rings. The molecule has 2 N–H and O–H groups in total. The van der Waals surface area contributed by atoms with Gasteiger partial charge >= 0.3 is 6.18 Å². The highest BCUT2D eigenvalue weighted by Gasteiger charge is 2.31. The molecule has 1 aromatic carbocycles. The number of amides is 1.